The van der Waals surface area contributed by atoms with Crippen LogP contribution in [0.4, 0.5) is 4.79 Å². The van der Waals surface area contributed by atoms with Gasteiger partial charge in [0, 0.05) is 39.3 Å². The van der Waals surface area contributed by atoms with Crippen molar-refractivity contribution in [3.05, 3.63) is 0 Å². The second-order valence-corrected chi connectivity index (χ2v) is 5.31. The molecule has 0 aliphatic carbocycles. The highest BCUT2D eigenvalue weighted by atomic mass is 16.2. The molecule has 2 aliphatic rings. The van der Waals surface area contributed by atoms with E-state index >= 15 is 0 Å². The molecule has 0 saturated carbocycles. The van der Waals surface area contributed by atoms with E-state index in [4.69, 9.17) is 0 Å². The molecule has 6 heteroatoms. The zero-order valence-electron chi connectivity index (χ0n) is 11.0. The Labute approximate surface area is 107 Å². The van der Waals surface area contributed by atoms with Crippen LogP contribution in [-0.4, -0.2) is 56.1 Å². The van der Waals surface area contributed by atoms with E-state index in [1.54, 1.807) is 14.1 Å². The van der Waals surface area contributed by atoms with Crippen molar-refractivity contribution < 1.29 is 9.59 Å². The number of urea groups is 1. The Morgan fingerprint density at radius 3 is 2.50 bits per heavy atom. The monoisotopic (exact) mass is 254 g/mol. The Balaban J connectivity index is 1.62. The highest BCUT2D eigenvalue weighted by Crippen LogP contribution is 2.33. The molecule has 2 aliphatic heterocycles. The molecular weight excluding hydrogens is 232 g/mol. The number of nitrogens with zero attached hydrogens (tertiary/aromatic N) is 1. The van der Waals surface area contributed by atoms with Crippen LogP contribution < -0.4 is 16.0 Å². The molecule has 3 amide bonds. The van der Waals surface area contributed by atoms with Gasteiger partial charge in [0.05, 0.1) is 5.92 Å². The third-order valence-electron chi connectivity index (χ3n) is 3.74. The number of rotatable bonds is 4. The minimum absolute atomic E-state index is 0.119. The van der Waals surface area contributed by atoms with E-state index in [1.165, 1.54) is 11.3 Å². The molecule has 3 atom stereocenters. The molecule has 0 spiro atoms. The smallest absolute Gasteiger partial charge is 0.316 e. The highest BCUT2D eigenvalue weighted by Gasteiger charge is 2.42. The van der Waals surface area contributed by atoms with Crippen molar-refractivity contribution in [2.45, 2.75) is 31.3 Å². The van der Waals surface area contributed by atoms with E-state index in [0.29, 0.717) is 25.2 Å². The molecule has 2 heterocycles. The van der Waals surface area contributed by atoms with Crippen molar-refractivity contribution in [3.8, 4) is 0 Å². The topological polar surface area (TPSA) is 73.5 Å². The zero-order chi connectivity index (χ0) is 13.1. The van der Waals surface area contributed by atoms with Gasteiger partial charge in [0.1, 0.15) is 0 Å². The first-order chi connectivity index (χ1) is 8.58. The lowest BCUT2D eigenvalue weighted by Crippen LogP contribution is -2.42. The summed E-state index contributed by atoms with van der Waals surface area (Å²) in [7, 11) is 3.38. The van der Waals surface area contributed by atoms with Crippen LogP contribution in [0.5, 0.6) is 0 Å². The van der Waals surface area contributed by atoms with E-state index in [1.807, 2.05) is 0 Å². The summed E-state index contributed by atoms with van der Waals surface area (Å²) < 4.78 is 0. The lowest BCUT2D eigenvalue weighted by Gasteiger charge is -2.19. The summed E-state index contributed by atoms with van der Waals surface area (Å²) in [6.07, 6.45) is 3.27. The minimum Gasteiger partial charge on any atom is -0.354 e. The van der Waals surface area contributed by atoms with Gasteiger partial charge in [-0.1, -0.05) is 0 Å². The molecule has 6 nitrogen and oxygen atoms in total. The third-order valence-corrected chi connectivity index (χ3v) is 3.74. The van der Waals surface area contributed by atoms with E-state index in [0.717, 1.165) is 12.8 Å². The van der Waals surface area contributed by atoms with Gasteiger partial charge in [0.25, 0.3) is 0 Å². The molecule has 0 radical (unpaired) electrons. The van der Waals surface area contributed by atoms with Gasteiger partial charge in [-0.15, -0.1) is 0 Å². The molecule has 2 rings (SSSR count). The lowest BCUT2D eigenvalue weighted by molar-refractivity contribution is -0.125. The lowest BCUT2D eigenvalue weighted by atomic mass is 9.88. The Kier molecular flexibility index (Phi) is 4.06. The summed E-state index contributed by atoms with van der Waals surface area (Å²) >= 11 is 0. The molecule has 2 saturated heterocycles. The summed E-state index contributed by atoms with van der Waals surface area (Å²) in [6, 6.07) is 0.774. The van der Waals surface area contributed by atoms with Crippen molar-refractivity contribution >= 4 is 11.9 Å². The summed E-state index contributed by atoms with van der Waals surface area (Å²) in [5.41, 5.74) is 0. The summed E-state index contributed by atoms with van der Waals surface area (Å²) in [4.78, 5) is 24.7. The average molecular weight is 254 g/mol. The standard InChI is InChI=1S/C12H22N4O2/c1-16(2)12(18)14-6-5-13-11(17)9-7-8-3-4-10(9)15-8/h8-10,15H,3-7H2,1-2H3,(H,13,17)(H,14,18). The van der Waals surface area contributed by atoms with Crippen molar-refractivity contribution in [2.75, 3.05) is 27.2 Å². The molecule has 0 aromatic carbocycles. The SMILES string of the molecule is CN(C)C(=O)NCCNC(=O)C1CC2CCC1N2. The first kappa shape index (κ1) is 13.1. The Bertz CT molecular complexity index is 332. The number of carbonyl (C=O) groups excluding carboxylic acids is 2. The molecular formula is C12H22N4O2. The Morgan fingerprint density at radius 1 is 1.22 bits per heavy atom. The van der Waals surface area contributed by atoms with E-state index in [9.17, 15) is 9.59 Å². The number of amides is 3. The number of nitrogens with one attached hydrogen (secondary N) is 3. The fourth-order valence-corrected chi connectivity index (χ4v) is 2.76. The van der Waals surface area contributed by atoms with Gasteiger partial charge in [-0.25, -0.2) is 4.79 Å². The van der Waals surface area contributed by atoms with Crippen molar-refractivity contribution in [1.82, 2.24) is 20.9 Å². The molecule has 3 N–H and O–H groups in total. The van der Waals surface area contributed by atoms with Crippen LogP contribution in [0, 0.1) is 5.92 Å². The van der Waals surface area contributed by atoms with Crippen LogP contribution in [0.25, 0.3) is 0 Å². The highest BCUT2D eigenvalue weighted by molar-refractivity contribution is 5.80. The number of fused-ring (bicyclic) bond motifs is 2. The van der Waals surface area contributed by atoms with Gasteiger partial charge in [-0.05, 0) is 19.3 Å². The summed E-state index contributed by atoms with van der Waals surface area (Å²) in [5, 5.41) is 9.06. The van der Waals surface area contributed by atoms with Gasteiger partial charge >= 0.3 is 6.03 Å². The molecule has 2 bridgehead atoms. The number of carbonyl (C=O) groups is 2. The molecule has 2 fully saturated rings. The second-order valence-electron chi connectivity index (χ2n) is 5.31. The van der Waals surface area contributed by atoms with Gasteiger partial charge in [0.15, 0.2) is 0 Å². The predicted molar refractivity (Wildman–Crippen MR) is 68.1 cm³/mol. The van der Waals surface area contributed by atoms with Crippen LogP contribution in [0.15, 0.2) is 0 Å². The van der Waals surface area contributed by atoms with Crippen LogP contribution >= 0.6 is 0 Å². The van der Waals surface area contributed by atoms with E-state index in [-0.39, 0.29) is 17.9 Å². The summed E-state index contributed by atoms with van der Waals surface area (Å²) in [5.74, 6) is 0.238. The molecule has 102 valence electrons. The normalized spacial score (nSPS) is 29.1. The molecule has 0 aromatic heterocycles. The predicted octanol–water partition coefficient (Wildman–Crippen LogP) is -0.486. The van der Waals surface area contributed by atoms with Crippen molar-refractivity contribution in [2.24, 2.45) is 5.92 Å². The van der Waals surface area contributed by atoms with Crippen molar-refractivity contribution in [1.29, 1.82) is 0 Å². The van der Waals surface area contributed by atoms with Gasteiger partial charge in [-0.2, -0.15) is 0 Å². The largest absolute Gasteiger partial charge is 0.354 e. The van der Waals surface area contributed by atoms with Crippen molar-refractivity contribution in [3.63, 3.8) is 0 Å². The van der Waals surface area contributed by atoms with Crippen LogP contribution in [0.1, 0.15) is 19.3 Å². The Hall–Kier alpha value is -1.30. The van der Waals surface area contributed by atoms with Gasteiger partial charge in [-0.3, -0.25) is 4.79 Å². The maximum absolute atomic E-state index is 11.9. The Morgan fingerprint density at radius 2 is 1.94 bits per heavy atom. The zero-order valence-corrected chi connectivity index (χ0v) is 11.0. The van der Waals surface area contributed by atoms with Crippen LogP contribution in [0.3, 0.4) is 0 Å². The first-order valence-electron chi connectivity index (χ1n) is 6.57. The summed E-state index contributed by atoms with van der Waals surface area (Å²) in [6.45, 7) is 0.962. The average Bonchev–Trinajstić information content (AvgIpc) is 2.95. The molecule has 0 aromatic rings. The van der Waals surface area contributed by atoms with Crippen LogP contribution in [-0.2, 0) is 4.79 Å². The minimum atomic E-state index is -0.133. The van der Waals surface area contributed by atoms with E-state index < -0.39 is 0 Å². The fraction of sp³-hybridized carbons (Fsp3) is 0.833. The first-order valence-corrected chi connectivity index (χ1v) is 6.57. The number of hydrogen-bond acceptors (Lipinski definition) is 3. The van der Waals surface area contributed by atoms with E-state index in [2.05, 4.69) is 16.0 Å². The third kappa shape index (κ3) is 2.93. The van der Waals surface area contributed by atoms with Gasteiger partial charge < -0.3 is 20.9 Å². The molecule has 3 unspecified atom stereocenters. The van der Waals surface area contributed by atoms with Crippen LogP contribution in [0.2, 0.25) is 0 Å². The second kappa shape index (κ2) is 5.56. The maximum atomic E-state index is 11.9. The maximum Gasteiger partial charge on any atom is 0.316 e. The fourth-order valence-electron chi connectivity index (χ4n) is 2.76. The number of hydrogen-bond donors (Lipinski definition) is 3. The molecule has 18 heavy (non-hydrogen) atoms. The quantitative estimate of drug-likeness (QED) is 0.593. The van der Waals surface area contributed by atoms with Gasteiger partial charge in [0.2, 0.25) is 5.91 Å².